The van der Waals surface area contributed by atoms with E-state index < -0.39 is 0 Å². The number of thioether (sulfide) groups is 1. The summed E-state index contributed by atoms with van der Waals surface area (Å²) in [5.41, 5.74) is 0.947. The van der Waals surface area contributed by atoms with Crippen LogP contribution in [-0.2, 0) is 0 Å². The molecule has 2 amide bonds. The first-order chi connectivity index (χ1) is 7.92. The molecule has 0 heterocycles. The topological polar surface area (TPSA) is 41.1 Å². The predicted molar refractivity (Wildman–Crippen MR) is 74.7 cm³/mol. The Labute approximate surface area is 107 Å². The van der Waals surface area contributed by atoms with E-state index in [2.05, 4.69) is 31.4 Å². The third kappa shape index (κ3) is 5.13. The summed E-state index contributed by atoms with van der Waals surface area (Å²) < 4.78 is 0. The number of anilines is 1. The number of carbonyl (C=O) groups excluding carboxylic acids is 1. The van der Waals surface area contributed by atoms with Crippen molar-refractivity contribution >= 4 is 23.5 Å². The maximum atomic E-state index is 11.7. The zero-order valence-electron chi connectivity index (χ0n) is 10.8. The Balaban J connectivity index is 2.56. The number of urea groups is 1. The van der Waals surface area contributed by atoms with Crippen molar-refractivity contribution in [2.45, 2.75) is 25.7 Å². The molecule has 0 saturated heterocycles. The standard InChI is InChI=1S/C13H20N2OS/c1-13(2,3)9-14-12(16)15-10-7-5-6-8-11(10)17-4/h5-8H,9H2,1-4H3,(H2,14,15,16). The maximum absolute atomic E-state index is 11.7. The fourth-order valence-electron chi connectivity index (χ4n) is 1.26. The summed E-state index contributed by atoms with van der Waals surface area (Å²) in [6, 6.07) is 7.62. The Morgan fingerprint density at radius 1 is 1.29 bits per heavy atom. The summed E-state index contributed by atoms with van der Waals surface area (Å²) in [6.07, 6.45) is 1.99. The van der Waals surface area contributed by atoms with E-state index >= 15 is 0 Å². The number of amides is 2. The number of benzene rings is 1. The van der Waals surface area contributed by atoms with Crippen LogP contribution in [0.5, 0.6) is 0 Å². The Morgan fingerprint density at radius 3 is 2.53 bits per heavy atom. The van der Waals surface area contributed by atoms with Crippen molar-refractivity contribution in [1.29, 1.82) is 0 Å². The number of hydrogen-bond acceptors (Lipinski definition) is 2. The molecule has 17 heavy (non-hydrogen) atoms. The minimum atomic E-state index is -0.151. The lowest BCUT2D eigenvalue weighted by molar-refractivity contribution is 0.247. The SMILES string of the molecule is CSc1ccccc1NC(=O)NCC(C)(C)C. The highest BCUT2D eigenvalue weighted by molar-refractivity contribution is 7.98. The fourth-order valence-corrected chi connectivity index (χ4v) is 1.81. The smallest absolute Gasteiger partial charge is 0.319 e. The van der Waals surface area contributed by atoms with Gasteiger partial charge in [-0.2, -0.15) is 0 Å². The van der Waals surface area contributed by atoms with Crippen LogP contribution in [0.3, 0.4) is 0 Å². The Morgan fingerprint density at radius 2 is 1.94 bits per heavy atom. The first-order valence-electron chi connectivity index (χ1n) is 5.60. The second kappa shape index (κ2) is 5.96. The second-order valence-electron chi connectivity index (χ2n) is 5.07. The zero-order valence-corrected chi connectivity index (χ0v) is 11.6. The van der Waals surface area contributed by atoms with E-state index in [1.807, 2.05) is 30.5 Å². The second-order valence-corrected chi connectivity index (χ2v) is 5.92. The Kier molecular flexibility index (Phi) is 4.87. The molecule has 0 saturated carbocycles. The molecular weight excluding hydrogens is 232 g/mol. The minimum Gasteiger partial charge on any atom is -0.337 e. The highest BCUT2D eigenvalue weighted by Gasteiger charge is 2.12. The molecule has 94 valence electrons. The van der Waals surface area contributed by atoms with Crippen LogP contribution in [0.4, 0.5) is 10.5 Å². The van der Waals surface area contributed by atoms with Crippen molar-refractivity contribution in [3.8, 4) is 0 Å². The van der Waals surface area contributed by atoms with Crippen molar-refractivity contribution in [2.24, 2.45) is 5.41 Å². The highest BCUT2D eigenvalue weighted by Crippen LogP contribution is 2.24. The van der Waals surface area contributed by atoms with Crippen LogP contribution in [0, 0.1) is 5.41 Å². The van der Waals surface area contributed by atoms with E-state index in [4.69, 9.17) is 0 Å². The van der Waals surface area contributed by atoms with Crippen LogP contribution in [0.2, 0.25) is 0 Å². The molecule has 0 spiro atoms. The molecule has 1 rings (SSSR count). The summed E-state index contributed by atoms with van der Waals surface area (Å²) in [7, 11) is 0. The van der Waals surface area contributed by atoms with Gasteiger partial charge in [0.25, 0.3) is 0 Å². The van der Waals surface area contributed by atoms with Crippen LogP contribution < -0.4 is 10.6 Å². The van der Waals surface area contributed by atoms with Crippen molar-refractivity contribution in [2.75, 3.05) is 18.1 Å². The molecule has 0 unspecified atom stereocenters. The number of hydrogen-bond donors (Lipinski definition) is 2. The minimum absolute atomic E-state index is 0.0936. The molecule has 0 atom stereocenters. The molecule has 3 nitrogen and oxygen atoms in total. The first kappa shape index (κ1) is 13.9. The molecule has 0 bridgehead atoms. The van der Waals surface area contributed by atoms with E-state index in [1.165, 1.54) is 0 Å². The van der Waals surface area contributed by atoms with Gasteiger partial charge in [-0.3, -0.25) is 0 Å². The molecule has 0 fully saturated rings. The van der Waals surface area contributed by atoms with Gasteiger partial charge in [-0.1, -0.05) is 32.9 Å². The third-order valence-corrected chi connectivity index (χ3v) is 2.93. The van der Waals surface area contributed by atoms with Gasteiger partial charge in [-0.15, -0.1) is 11.8 Å². The van der Waals surface area contributed by atoms with Gasteiger partial charge < -0.3 is 10.6 Å². The van der Waals surface area contributed by atoms with Gasteiger partial charge >= 0.3 is 6.03 Å². The lowest BCUT2D eigenvalue weighted by Gasteiger charge is -2.19. The van der Waals surface area contributed by atoms with Crippen molar-refractivity contribution in [3.05, 3.63) is 24.3 Å². The molecule has 4 heteroatoms. The molecule has 0 aliphatic carbocycles. The Bertz CT molecular complexity index is 385. The number of para-hydroxylation sites is 1. The van der Waals surface area contributed by atoms with E-state index in [9.17, 15) is 4.79 Å². The van der Waals surface area contributed by atoms with Crippen LogP contribution in [0.25, 0.3) is 0 Å². The lowest BCUT2D eigenvalue weighted by atomic mass is 9.97. The predicted octanol–water partition coefficient (Wildman–Crippen LogP) is 3.58. The maximum Gasteiger partial charge on any atom is 0.319 e. The van der Waals surface area contributed by atoms with Gasteiger partial charge in [-0.25, -0.2) is 4.79 Å². The monoisotopic (exact) mass is 252 g/mol. The van der Waals surface area contributed by atoms with Gasteiger partial charge in [0.2, 0.25) is 0 Å². The summed E-state index contributed by atoms with van der Waals surface area (Å²) in [5.74, 6) is 0. The van der Waals surface area contributed by atoms with Crippen molar-refractivity contribution < 1.29 is 4.79 Å². The average Bonchev–Trinajstić information content (AvgIpc) is 2.26. The summed E-state index contributed by atoms with van der Waals surface area (Å²) in [5, 5.41) is 5.73. The molecule has 1 aromatic rings. The number of rotatable bonds is 3. The first-order valence-corrected chi connectivity index (χ1v) is 6.83. The van der Waals surface area contributed by atoms with Gasteiger partial charge in [0, 0.05) is 11.4 Å². The van der Waals surface area contributed by atoms with Crippen molar-refractivity contribution in [3.63, 3.8) is 0 Å². The molecule has 0 aliphatic rings. The molecule has 2 N–H and O–H groups in total. The van der Waals surface area contributed by atoms with Crippen LogP contribution in [-0.4, -0.2) is 18.8 Å². The van der Waals surface area contributed by atoms with E-state index in [-0.39, 0.29) is 11.4 Å². The molecule has 0 radical (unpaired) electrons. The molecule has 0 aromatic heterocycles. The largest absolute Gasteiger partial charge is 0.337 e. The Hall–Kier alpha value is -1.16. The van der Waals surface area contributed by atoms with Crippen LogP contribution >= 0.6 is 11.8 Å². The normalized spacial score (nSPS) is 11.1. The van der Waals surface area contributed by atoms with Gasteiger partial charge in [-0.05, 0) is 23.8 Å². The summed E-state index contributed by atoms with van der Waals surface area (Å²) in [6.45, 7) is 6.91. The quantitative estimate of drug-likeness (QED) is 0.807. The van der Waals surface area contributed by atoms with Crippen molar-refractivity contribution in [1.82, 2.24) is 5.32 Å². The third-order valence-electron chi connectivity index (χ3n) is 2.13. The molecule has 0 aliphatic heterocycles. The lowest BCUT2D eigenvalue weighted by Crippen LogP contribution is -2.35. The fraction of sp³-hybridized carbons (Fsp3) is 0.462. The van der Waals surface area contributed by atoms with Gasteiger partial charge in [0.15, 0.2) is 0 Å². The van der Waals surface area contributed by atoms with E-state index in [1.54, 1.807) is 11.8 Å². The molecular formula is C13H20N2OS. The molecule has 1 aromatic carbocycles. The number of nitrogens with one attached hydrogen (secondary N) is 2. The van der Waals surface area contributed by atoms with Crippen LogP contribution in [0.15, 0.2) is 29.2 Å². The van der Waals surface area contributed by atoms with Crippen LogP contribution in [0.1, 0.15) is 20.8 Å². The average molecular weight is 252 g/mol. The summed E-state index contributed by atoms with van der Waals surface area (Å²) >= 11 is 1.62. The van der Waals surface area contributed by atoms with E-state index in [0.29, 0.717) is 6.54 Å². The zero-order chi connectivity index (χ0) is 12.9. The number of carbonyl (C=O) groups is 1. The van der Waals surface area contributed by atoms with E-state index in [0.717, 1.165) is 10.6 Å². The van der Waals surface area contributed by atoms with Gasteiger partial charge in [0.05, 0.1) is 5.69 Å². The highest BCUT2D eigenvalue weighted by atomic mass is 32.2. The van der Waals surface area contributed by atoms with Gasteiger partial charge in [0.1, 0.15) is 0 Å². The summed E-state index contributed by atoms with van der Waals surface area (Å²) in [4.78, 5) is 12.8.